The van der Waals surface area contributed by atoms with Crippen LogP contribution in [0.2, 0.25) is 0 Å². The van der Waals surface area contributed by atoms with Crippen LogP contribution in [0.15, 0.2) is 60.7 Å². The van der Waals surface area contributed by atoms with Crippen molar-refractivity contribution in [2.24, 2.45) is 0 Å². The van der Waals surface area contributed by atoms with Gasteiger partial charge in [-0.2, -0.15) is 0 Å². The summed E-state index contributed by atoms with van der Waals surface area (Å²) in [6, 6.07) is 17.8. The molecule has 0 saturated carbocycles. The Morgan fingerprint density at radius 1 is 0.806 bits per heavy atom. The van der Waals surface area contributed by atoms with E-state index in [2.05, 4.69) is 10.6 Å². The second-order valence-corrected chi connectivity index (χ2v) is 6.77. The van der Waals surface area contributed by atoms with Gasteiger partial charge in [-0.3, -0.25) is 0 Å². The third-order valence-electron chi connectivity index (χ3n) is 4.39. The van der Waals surface area contributed by atoms with Gasteiger partial charge in [0.15, 0.2) is 0 Å². The summed E-state index contributed by atoms with van der Waals surface area (Å²) in [5.74, 6) is -0.549. The first-order valence-electron chi connectivity index (χ1n) is 10.1. The highest BCUT2D eigenvalue weighted by Crippen LogP contribution is 2.06. The van der Waals surface area contributed by atoms with Gasteiger partial charge in [0.1, 0.15) is 19.3 Å². The van der Waals surface area contributed by atoms with E-state index in [1.165, 1.54) is 7.11 Å². The number of hydrogen-bond donors (Lipinski definition) is 2. The van der Waals surface area contributed by atoms with E-state index in [9.17, 15) is 14.4 Å². The van der Waals surface area contributed by atoms with Crippen LogP contribution in [-0.2, 0) is 32.2 Å². The molecule has 0 aliphatic carbocycles. The topological polar surface area (TPSA) is 103 Å². The van der Waals surface area contributed by atoms with Crippen molar-refractivity contribution in [2.75, 3.05) is 13.7 Å². The Balaban J connectivity index is 1.63. The molecule has 2 rings (SSSR count). The second-order valence-electron chi connectivity index (χ2n) is 6.77. The van der Waals surface area contributed by atoms with Crippen molar-refractivity contribution in [2.45, 2.75) is 38.5 Å². The Bertz CT molecular complexity index is 813. The molecular weight excluding hydrogens is 400 g/mol. The Labute approximate surface area is 181 Å². The average Bonchev–Trinajstić information content (AvgIpc) is 2.81. The Kier molecular flexibility index (Phi) is 10.4. The number of alkyl carbamates (subject to hydrolysis) is 2. The van der Waals surface area contributed by atoms with E-state index in [-0.39, 0.29) is 13.2 Å². The SMILES string of the molecule is COC(=O)C(CCCCNC(=O)OCc1ccccc1)NC(=O)OCc1ccccc1. The lowest BCUT2D eigenvalue weighted by Crippen LogP contribution is -2.41. The molecule has 2 aromatic carbocycles. The smallest absolute Gasteiger partial charge is 0.408 e. The summed E-state index contributed by atoms with van der Waals surface area (Å²) in [4.78, 5) is 35.7. The summed E-state index contributed by atoms with van der Waals surface area (Å²) in [6.07, 6.45) is 0.345. The molecule has 0 bridgehead atoms. The Hall–Kier alpha value is -3.55. The fourth-order valence-electron chi connectivity index (χ4n) is 2.74. The summed E-state index contributed by atoms with van der Waals surface area (Å²) in [6.45, 7) is 0.696. The van der Waals surface area contributed by atoms with Crippen LogP contribution >= 0.6 is 0 Å². The van der Waals surface area contributed by atoms with Gasteiger partial charge in [0.2, 0.25) is 0 Å². The molecule has 0 fully saturated rings. The number of amides is 2. The van der Waals surface area contributed by atoms with Gasteiger partial charge in [-0.05, 0) is 30.4 Å². The van der Waals surface area contributed by atoms with E-state index in [4.69, 9.17) is 14.2 Å². The largest absolute Gasteiger partial charge is 0.467 e. The highest BCUT2D eigenvalue weighted by Gasteiger charge is 2.21. The third-order valence-corrected chi connectivity index (χ3v) is 4.39. The van der Waals surface area contributed by atoms with E-state index < -0.39 is 24.2 Å². The van der Waals surface area contributed by atoms with E-state index in [0.717, 1.165) is 11.1 Å². The van der Waals surface area contributed by atoms with Gasteiger partial charge in [0.05, 0.1) is 7.11 Å². The van der Waals surface area contributed by atoms with Crippen molar-refractivity contribution in [3.05, 3.63) is 71.8 Å². The minimum atomic E-state index is -0.821. The molecule has 0 radical (unpaired) electrons. The van der Waals surface area contributed by atoms with E-state index in [0.29, 0.717) is 25.8 Å². The summed E-state index contributed by atoms with van der Waals surface area (Å²) in [7, 11) is 1.26. The second kappa shape index (κ2) is 13.6. The van der Waals surface area contributed by atoms with Gasteiger partial charge in [-0.1, -0.05) is 60.7 Å². The predicted molar refractivity (Wildman–Crippen MR) is 114 cm³/mol. The van der Waals surface area contributed by atoms with Crippen LogP contribution in [0.4, 0.5) is 9.59 Å². The summed E-state index contributed by atoms with van der Waals surface area (Å²) in [5, 5.41) is 5.19. The van der Waals surface area contributed by atoms with Gasteiger partial charge in [0.25, 0.3) is 0 Å². The average molecular weight is 428 g/mol. The number of hydrogen-bond acceptors (Lipinski definition) is 6. The first-order chi connectivity index (χ1) is 15.1. The van der Waals surface area contributed by atoms with Crippen molar-refractivity contribution < 1.29 is 28.6 Å². The molecule has 0 saturated heterocycles. The molecule has 0 aromatic heterocycles. The van der Waals surface area contributed by atoms with Gasteiger partial charge in [0, 0.05) is 6.54 Å². The molecule has 166 valence electrons. The van der Waals surface area contributed by atoms with Gasteiger partial charge < -0.3 is 24.8 Å². The molecule has 2 N–H and O–H groups in total. The lowest BCUT2D eigenvalue weighted by molar-refractivity contribution is -0.143. The highest BCUT2D eigenvalue weighted by molar-refractivity contribution is 5.81. The zero-order valence-corrected chi connectivity index (χ0v) is 17.5. The zero-order valence-electron chi connectivity index (χ0n) is 17.5. The van der Waals surface area contributed by atoms with E-state index in [1.54, 1.807) is 0 Å². The molecule has 0 aliphatic heterocycles. The van der Waals surface area contributed by atoms with Gasteiger partial charge in [-0.15, -0.1) is 0 Å². The zero-order chi connectivity index (χ0) is 22.3. The summed E-state index contributed by atoms with van der Waals surface area (Å²) in [5.41, 5.74) is 1.75. The third kappa shape index (κ3) is 9.66. The maximum absolute atomic E-state index is 12.0. The Morgan fingerprint density at radius 3 is 1.90 bits per heavy atom. The first kappa shape index (κ1) is 23.7. The maximum atomic E-state index is 12.0. The fraction of sp³-hybridized carbons (Fsp3) is 0.348. The summed E-state index contributed by atoms with van der Waals surface area (Å²) < 4.78 is 15.0. The predicted octanol–water partition coefficient (Wildman–Crippen LogP) is 3.55. The van der Waals surface area contributed by atoms with E-state index in [1.807, 2.05) is 60.7 Å². The molecular formula is C23H28N2O6. The van der Waals surface area contributed by atoms with Crippen LogP contribution in [0.5, 0.6) is 0 Å². The van der Waals surface area contributed by atoms with Gasteiger partial charge in [-0.25, -0.2) is 14.4 Å². The molecule has 8 heteroatoms. The lowest BCUT2D eigenvalue weighted by atomic mass is 10.1. The monoisotopic (exact) mass is 428 g/mol. The van der Waals surface area contributed by atoms with Crippen molar-refractivity contribution in [3.8, 4) is 0 Å². The van der Waals surface area contributed by atoms with Crippen molar-refractivity contribution in [1.82, 2.24) is 10.6 Å². The van der Waals surface area contributed by atoms with Crippen LogP contribution in [-0.4, -0.2) is 37.9 Å². The standard InChI is InChI=1S/C23H28N2O6/c1-29-21(26)20(25-23(28)31-17-19-12-6-3-7-13-19)14-8-9-15-24-22(27)30-16-18-10-4-2-5-11-18/h2-7,10-13,20H,8-9,14-17H2,1H3,(H,24,27)(H,25,28). The summed E-state index contributed by atoms with van der Waals surface area (Å²) >= 11 is 0. The van der Waals surface area contributed by atoms with E-state index >= 15 is 0 Å². The number of benzene rings is 2. The normalized spacial score (nSPS) is 11.1. The Morgan fingerprint density at radius 2 is 1.35 bits per heavy atom. The number of carbonyl (C=O) groups excluding carboxylic acids is 3. The van der Waals surface area contributed by atoms with Crippen LogP contribution in [0, 0.1) is 0 Å². The van der Waals surface area contributed by atoms with Crippen molar-refractivity contribution in [1.29, 1.82) is 0 Å². The van der Waals surface area contributed by atoms with Crippen LogP contribution in [0.1, 0.15) is 30.4 Å². The first-order valence-corrected chi connectivity index (χ1v) is 10.1. The van der Waals surface area contributed by atoms with Crippen LogP contribution in [0.25, 0.3) is 0 Å². The molecule has 1 unspecified atom stereocenters. The minimum Gasteiger partial charge on any atom is -0.467 e. The number of esters is 1. The molecule has 0 spiro atoms. The molecule has 31 heavy (non-hydrogen) atoms. The number of unbranched alkanes of at least 4 members (excludes halogenated alkanes) is 1. The highest BCUT2D eigenvalue weighted by atomic mass is 16.6. The van der Waals surface area contributed by atoms with Crippen LogP contribution < -0.4 is 10.6 Å². The molecule has 2 aromatic rings. The molecule has 0 heterocycles. The number of carbonyl (C=O) groups is 3. The number of methoxy groups -OCH3 is 1. The number of nitrogens with one attached hydrogen (secondary N) is 2. The minimum absolute atomic E-state index is 0.107. The van der Waals surface area contributed by atoms with Crippen molar-refractivity contribution in [3.63, 3.8) is 0 Å². The van der Waals surface area contributed by atoms with Crippen LogP contribution in [0.3, 0.4) is 0 Å². The van der Waals surface area contributed by atoms with Crippen molar-refractivity contribution >= 4 is 18.2 Å². The number of ether oxygens (including phenoxy) is 3. The fourth-order valence-corrected chi connectivity index (χ4v) is 2.74. The maximum Gasteiger partial charge on any atom is 0.408 e. The van der Waals surface area contributed by atoms with Gasteiger partial charge >= 0.3 is 18.2 Å². The molecule has 8 nitrogen and oxygen atoms in total. The quantitative estimate of drug-likeness (QED) is 0.322. The lowest BCUT2D eigenvalue weighted by Gasteiger charge is -2.16. The number of rotatable bonds is 11. The molecule has 1 atom stereocenters. The molecule has 0 aliphatic rings. The molecule has 2 amide bonds.